The largest absolute Gasteiger partial charge is 0.486 e. The van der Waals surface area contributed by atoms with E-state index in [9.17, 15) is 9.59 Å². The maximum absolute atomic E-state index is 12.4. The number of ether oxygens (including phenoxy) is 2. The minimum Gasteiger partial charge on any atom is -0.486 e. The fraction of sp³-hybridized carbons (Fsp3) is 0.500. The van der Waals surface area contributed by atoms with E-state index in [2.05, 4.69) is 5.32 Å². The van der Waals surface area contributed by atoms with Gasteiger partial charge >= 0.3 is 5.97 Å². The molecule has 3 rings (SSSR count). The molecule has 0 radical (unpaired) electrons. The van der Waals surface area contributed by atoms with Crippen LogP contribution in [0.3, 0.4) is 0 Å². The van der Waals surface area contributed by atoms with Gasteiger partial charge in [0.25, 0.3) is 0 Å². The van der Waals surface area contributed by atoms with Crippen molar-refractivity contribution in [1.82, 2.24) is 4.90 Å². The Balaban J connectivity index is 1.61. The molecule has 2 unspecified atom stereocenters. The van der Waals surface area contributed by atoms with Gasteiger partial charge in [0.2, 0.25) is 5.91 Å². The van der Waals surface area contributed by atoms with Gasteiger partial charge in [-0.25, -0.2) is 0 Å². The highest BCUT2D eigenvalue weighted by Gasteiger charge is 2.33. The van der Waals surface area contributed by atoms with E-state index in [0.29, 0.717) is 49.9 Å². The molecule has 2 aliphatic rings. The predicted molar refractivity (Wildman–Crippen MR) is 82.8 cm³/mol. The number of rotatable bonds is 4. The molecule has 23 heavy (non-hydrogen) atoms. The van der Waals surface area contributed by atoms with Crippen LogP contribution in [0, 0.1) is 5.92 Å². The van der Waals surface area contributed by atoms with Crippen LogP contribution in [0.2, 0.25) is 0 Å². The third-order valence-corrected chi connectivity index (χ3v) is 4.31. The minimum atomic E-state index is -0.799. The summed E-state index contributed by atoms with van der Waals surface area (Å²) in [6.45, 7) is 3.83. The quantitative estimate of drug-likeness (QED) is 0.866. The van der Waals surface area contributed by atoms with Gasteiger partial charge in [0.1, 0.15) is 13.2 Å². The number of carbonyl (C=O) groups excluding carboxylic acids is 1. The first-order chi connectivity index (χ1) is 11.0. The first-order valence-corrected chi connectivity index (χ1v) is 7.72. The zero-order chi connectivity index (χ0) is 16.4. The van der Waals surface area contributed by atoms with Crippen molar-refractivity contribution in [2.24, 2.45) is 5.92 Å². The molecule has 1 aromatic carbocycles. The van der Waals surface area contributed by atoms with Crippen LogP contribution < -0.4 is 14.8 Å². The first-order valence-electron chi connectivity index (χ1n) is 7.72. The fourth-order valence-corrected chi connectivity index (χ4v) is 2.87. The highest BCUT2D eigenvalue weighted by atomic mass is 16.6. The molecule has 0 saturated carbocycles. The lowest BCUT2D eigenvalue weighted by Crippen LogP contribution is -2.41. The number of aliphatic carboxylic acids is 1. The van der Waals surface area contributed by atoms with Crippen molar-refractivity contribution < 1.29 is 24.2 Å². The Morgan fingerprint density at radius 3 is 2.74 bits per heavy atom. The number of nitrogens with zero attached hydrogens (tertiary/aromatic N) is 1. The fourth-order valence-electron chi connectivity index (χ4n) is 2.87. The van der Waals surface area contributed by atoms with Gasteiger partial charge in [0, 0.05) is 18.3 Å². The number of hydrogen-bond acceptors (Lipinski definition) is 5. The number of likely N-dealkylation sites (tertiary alicyclic amines) is 1. The van der Waals surface area contributed by atoms with Gasteiger partial charge in [-0.15, -0.1) is 0 Å². The summed E-state index contributed by atoms with van der Waals surface area (Å²) in [5.41, 5.74) is 0.639. The van der Waals surface area contributed by atoms with Crippen molar-refractivity contribution in [1.29, 1.82) is 0 Å². The molecule has 7 heteroatoms. The summed E-state index contributed by atoms with van der Waals surface area (Å²) in [5, 5.41) is 11.9. The highest BCUT2D eigenvalue weighted by Crippen LogP contribution is 2.32. The third kappa shape index (κ3) is 3.39. The van der Waals surface area contributed by atoms with Crippen molar-refractivity contribution in [3.63, 3.8) is 0 Å². The molecule has 2 aliphatic heterocycles. The van der Waals surface area contributed by atoms with Crippen LogP contribution in [0.25, 0.3) is 0 Å². The van der Waals surface area contributed by atoms with Gasteiger partial charge in [-0.3, -0.25) is 14.5 Å². The maximum atomic E-state index is 12.4. The maximum Gasteiger partial charge on any atom is 0.307 e. The summed E-state index contributed by atoms with van der Waals surface area (Å²) in [4.78, 5) is 25.3. The molecule has 1 aromatic rings. The molecule has 7 nitrogen and oxygen atoms in total. The van der Waals surface area contributed by atoms with E-state index in [4.69, 9.17) is 14.6 Å². The second-order valence-corrected chi connectivity index (χ2v) is 5.84. The summed E-state index contributed by atoms with van der Waals surface area (Å²) >= 11 is 0. The monoisotopic (exact) mass is 320 g/mol. The molecule has 2 heterocycles. The Labute approximate surface area is 134 Å². The van der Waals surface area contributed by atoms with Crippen molar-refractivity contribution >= 4 is 17.6 Å². The van der Waals surface area contributed by atoms with Crippen molar-refractivity contribution in [2.75, 3.05) is 31.6 Å². The van der Waals surface area contributed by atoms with Gasteiger partial charge in [0.05, 0.1) is 12.0 Å². The summed E-state index contributed by atoms with van der Waals surface area (Å²) in [6.07, 6.45) is 0.580. The van der Waals surface area contributed by atoms with Crippen molar-refractivity contribution in [3.8, 4) is 11.5 Å². The number of anilines is 1. The number of benzene rings is 1. The smallest absolute Gasteiger partial charge is 0.307 e. The van der Waals surface area contributed by atoms with E-state index in [1.807, 2.05) is 4.90 Å². The van der Waals surface area contributed by atoms with Gasteiger partial charge in [-0.1, -0.05) is 0 Å². The third-order valence-electron chi connectivity index (χ3n) is 4.31. The molecule has 2 N–H and O–H groups in total. The summed E-state index contributed by atoms with van der Waals surface area (Å²) in [5.74, 6) is -0.0563. The Bertz CT molecular complexity index is 618. The number of carboxylic acids is 1. The molecule has 0 aromatic heterocycles. The lowest BCUT2D eigenvalue weighted by Gasteiger charge is -2.24. The highest BCUT2D eigenvalue weighted by molar-refractivity contribution is 5.95. The number of carbonyl (C=O) groups is 2. The Morgan fingerprint density at radius 2 is 2.04 bits per heavy atom. The van der Waals surface area contributed by atoms with Gasteiger partial charge in [-0.2, -0.15) is 0 Å². The molecule has 1 saturated heterocycles. The molecule has 0 bridgehead atoms. The Kier molecular flexibility index (Phi) is 4.38. The Hall–Kier alpha value is -2.28. The second-order valence-electron chi connectivity index (χ2n) is 5.84. The number of hydrogen-bond donors (Lipinski definition) is 2. The molecule has 1 amide bonds. The van der Waals surface area contributed by atoms with Crippen LogP contribution in [0.4, 0.5) is 5.69 Å². The standard InChI is InChI=1S/C16H20N2O5/c1-10(18-5-4-11(9-18)16(20)21)15(19)17-12-2-3-13-14(8-12)23-7-6-22-13/h2-3,8,10-11H,4-7,9H2,1H3,(H,17,19)(H,20,21). The van der Waals surface area contributed by atoms with Crippen LogP contribution in [0.1, 0.15) is 13.3 Å². The van der Waals surface area contributed by atoms with E-state index >= 15 is 0 Å². The van der Waals surface area contributed by atoms with E-state index in [0.717, 1.165) is 0 Å². The summed E-state index contributed by atoms with van der Waals surface area (Å²) < 4.78 is 10.9. The Morgan fingerprint density at radius 1 is 1.30 bits per heavy atom. The van der Waals surface area contributed by atoms with E-state index in [1.54, 1.807) is 25.1 Å². The van der Waals surface area contributed by atoms with Crippen LogP contribution in [-0.4, -0.2) is 54.2 Å². The van der Waals surface area contributed by atoms with E-state index < -0.39 is 5.97 Å². The molecule has 2 atom stereocenters. The number of amides is 1. The van der Waals surface area contributed by atoms with E-state index in [1.165, 1.54) is 0 Å². The summed E-state index contributed by atoms with van der Waals surface area (Å²) in [6, 6.07) is 4.89. The van der Waals surface area contributed by atoms with Gasteiger partial charge in [0.15, 0.2) is 11.5 Å². The average Bonchev–Trinajstić information content (AvgIpc) is 3.04. The first kappa shape index (κ1) is 15.6. The van der Waals surface area contributed by atoms with Crippen molar-refractivity contribution in [2.45, 2.75) is 19.4 Å². The molecule has 0 aliphatic carbocycles. The number of fused-ring (bicyclic) bond motifs is 1. The molecular formula is C16H20N2O5. The predicted octanol–water partition coefficient (Wildman–Crippen LogP) is 1.19. The van der Waals surface area contributed by atoms with Gasteiger partial charge < -0.3 is 19.9 Å². The zero-order valence-corrected chi connectivity index (χ0v) is 12.9. The number of nitrogens with one attached hydrogen (secondary N) is 1. The molecular weight excluding hydrogens is 300 g/mol. The van der Waals surface area contributed by atoms with E-state index in [-0.39, 0.29) is 17.9 Å². The van der Waals surface area contributed by atoms with Crippen molar-refractivity contribution in [3.05, 3.63) is 18.2 Å². The normalized spacial score (nSPS) is 21.7. The second kappa shape index (κ2) is 6.45. The van der Waals surface area contributed by atoms with Gasteiger partial charge in [-0.05, 0) is 32.0 Å². The minimum absolute atomic E-state index is 0.160. The topological polar surface area (TPSA) is 88.1 Å². The SMILES string of the molecule is CC(C(=O)Nc1ccc2c(c1)OCCO2)N1CCC(C(=O)O)C1. The number of carboxylic acid groups (broad SMARTS) is 1. The zero-order valence-electron chi connectivity index (χ0n) is 12.9. The lowest BCUT2D eigenvalue weighted by molar-refractivity contribution is -0.141. The molecule has 1 fully saturated rings. The summed E-state index contributed by atoms with van der Waals surface area (Å²) in [7, 11) is 0. The molecule has 0 spiro atoms. The van der Waals surface area contributed by atoms with Crippen LogP contribution in [0.5, 0.6) is 11.5 Å². The molecule has 124 valence electrons. The lowest BCUT2D eigenvalue weighted by atomic mass is 10.1. The van der Waals surface area contributed by atoms with Crippen LogP contribution in [-0.2, 0) is 9.59 Å². The van der Waals surface area contributed by atoms with Crippen LogP contribution >= 0.6 is 0 Å². The average molecular weight is 320 g/mol. The van der Waals surface area contributed by atoms with Crippen LogP contribution in [0.15, 0.2) is 18.2 Å².